The van der Waals surface area contributed by atoms with E-state index in [1.54, 1.807) is 0 Å². The minimum atomic E-state index is -0.0748. The topological polar surface area (TPSA) is 16.1 Å². The highest BCUT2D eigenvalue weighted by Gasteiger charge is 2.35. The molecule has 0 atom stereocenters. The maximum Gasteiger partial charge on any atom is 0.0465 e. The Morgan fingerprint density at radius 2 is 0.826 bits per heavy atom. The largest absolute Gasteiger partial charge is 0.310 e. The predicted octanol–water partition coefficient (Wildman–Crippen LogP) is 11.9. The highest BCUT2D eigenvalue weighted by molar-refractivity contribution is 5.86. The zero-order valence-electron chi connectivity index (χ0n) is 26.1. The molecule has 0 aliphatic heterocycles. The van der Waals surface area contributed by atoms with Crippen LogP contribution in [0.4, 0.5) is 17.1 Å². The molecule has 0 radical (unpaired) electrons. The van der Waals surface area contributed by atoms with Gasteiger partial charge >= 0.3 is 0 Å². The van der Waals surface area contributed by atoms with Crippen molar-refractivity contribution in [2.45, 2.75) is 19.3 Å². The van der Waals surface area contributed by atoms with Gasteiger partial charge in [0.2, 0.25) is 0 Å². The summed E-state index contributed by atoms with van der Waals surface area (Å²) in [7, 11) is 0. The first kappa shape index (κ1) is 27.8. The molecule has 0 saturated carbocycles. The minimum Gasteiger partial charge on any atom is -0.310 e. The monoisotopic (exact) mass is 590 g/mol. The Bertz CT molecular complexity index is 2130. The maximum absolute atomic E-state index is 4.19. The average molecular weight is 591 g/mol. The number of hydrogen-bond acceptors (Lipinski definition) is 2. The normalized spacial score (nSPS) is 12.7. The van der Waals surface area contributed by atoms with Crippen LogP contribution in [0.1, 0.15) is 25.0 Å². The lowest BCUT2D eigenvalue weighted by Gasteiger charge is -2.28. The highest BCUT2D eigenvalue weighted by atomic mass is 15.1. The molecule has 2 nitrogen and oxygen atoms in total. The van der Waals surface area contributed by atoms with Crippen molar-refractivity contribution in [2.75, 3.05) is 4.90 Å². The van der Waals surface area contributed by atoms with E-state index in [9.17, 15) is 0 Å². The molecule has 7 aromatic rings. The highest BCUT2D eigenvalue weighted by Crippen LogP contribution is 2.50. The fourth-order valence-corrected chi connectivity index (χ4v) is 6.91. The van der Waals surface area contributed by atoms with Crippen molar-refractivity contribution in [3.63, 3.8) is 0 Å². The van der Waals surface area contributed by atoms with Crippen LogP contribution in [0, 0.1) is 0 Å². The third-order valence-electron chi connectivity index (χ3n) is 9.42. The summed E-state index contributed by atoms with van der Waals surface area (Å²) in [6, 6.07) is 57.1. The van der Waals surface area contributed by atoms with Gasteiger partial charge in [0.15, 0.2) is 0 Å². The van der Waals surface area contributed by atoms with Crippen LogP contribution in [0.3, 0.4) is 0 Å². The Balaban J connectivity index is 1.18. The van der Waals surface area contributed by atoms with Gasteiger partial charge in [0.05, 0.1) is 0 Å². The van der Waals surface area contributed by atoms with Crippen LogP contribution in [0.25, 0.3) is 44.5 Å². The van der Waals surface area contributed by atoms with Gasteiger partial charge in [-0.15, -0.1) is 0 Å². The predicted molar refractivity (Wildman–Crippen MR) is 193 cm³/mol. The van der Waals surface area contributed by atoms with Crippen LogP contribution >= 0.6 is 0 Å². The van der Waals surface area contributed by atoms with E-state index in [1.165, 1.54) is 50.1 Å². The van der Waals surface area contributed by atoms with Crippen molar-refractivity contribution in [3.05, 3.63) is 181 Å². The van der Waals surface area contributed by atoms with Gasteiger partial charge in [-0.2, -0.15) is 0 Å². The van der Waals surface area contributed by atoms with Gasteiger partial charge in [-0.1, -0.05) is 123 Å². The van der Waals surface area contributed by atoms with Crippen molar-refractivity contribution in [1.82, 2.24) is 4.98 Å². The number of hydrogen-bond donors (Lipinski definition) is 0. The van der Waals surface area contributed by atoms with Crippen molar-refractivity contribution >= 4 is 17.1 Å². The van der Waals surface area contributed by atoms with Crippen molar-refractivity contribution in [1.29, 1.82) is 0 Å². The van der Waals surface area contributed by atoms with Gasteiger partial charge in [0.1, 0.15) is 0 Å². The Morgan fingerprint density at radius 1 is 0.391 bits per heavy atom. The lowest BCUT2D eigenvalue weighted by molar-refractivity contribution is 0.660. The summed E-state index contributed by atoms with van der Waals surface area (Å²) in [5.74, 6) is 0. The first-order chi connectivity index (χ1) is 22.6. The molecular formula is C44H34N2. The smallest absolute Gasteiger partial charge is 0.0465 e. The van der Waals surface area contributed by atoms with E-state index in [2.05, 4.69) is 181 Å². The molecule has 0 fully saturated rings. The summed E-state index contributed by atoms with van der Waals surface area (Å²) in [5, 5.41) is 0. The third-order valence-corrected chi connectivity index (χ3v) is 9.42. The van der Waals surface area contributed by atoms with E-state index in [4.69, 9.17) is 0 Å². The molecule has 1 aliphatic rings. The SMILES string of the molecule is CC1(C)c2ccccc2-c2ccc(N(c3ccc(-c4ccncc4)cc3)c3ccc(-c4ccc(-c5ccccc5)cc4)cc3)cc21. The number of rotatable bonds is 6. The summed E-state index contributed by atoms with van der Waals surface area (Å²) >= 11 is 0. The van der Waals surface area contributed by atoms with E-state index in [1.807, 2.05) is 12.4 Å². The second-order valence-electron chi connectivity index (χ2n) is 12.5. The summed E-state index contributed by atoms with van der Waals surface area (Å²) in [4.78, 5) is 6.56. The van der Waals surface area contributed by atoms with E-state index in [-0.39, 0.29) is 5.41 Å². The molecule has 0 bridgehead atoms. The fraction of sp³-hybridized carbons (Fsp3) is 0.0682. The molecule has 0 saturated heterocycles. The Morgan fingerprint density at radius 3 is 1.41 bits per heavy atom. The maximum atomic E-state index is 4.19. The van der Waals surface area contributed by atoms with E-state index < -0.39 is 0 Å². The second-order valence-corrected chi connectivity index (χ2v) is 12.5. The van der Waals surface area contributed by atoms with Crippen LogP contribution < -0.4 is 4.90 Å². The van der Waals surface area contributed by atoms with Gasteiger partial charge in [0.25, 0.3) is 0 Å². The summed E-state index contributed by atoms with van der Waals surface area (Å²) in [6.07, 6.45) is 3.69. The minimum absolute atomic E-state index is 0.0748. The lowest BCUT2D eigenvalue weighted by atomic mass is 9.82. The number of nitrogens with zero attached hydrogens (tertiary/aromatic N) is 2. The molecular weight excluding hydrogens is 556 g/mol. The third kappa shape index (κ3) is 4.89. The van der Waals surface area contributed by atoms with Crippen molar-refractivity contribution in [3.8, 4) is 44.5 Å². The number of anilines is 3. The van der Waals surface area contributed by atoms with Gasteiger partial charge in [-0.3, -0.25) is 4.98 Å². The van der Waals surface area contributed by atoms with E-state index in [0.29, 0.717) is 0 Å². The molecule has 1 aromatic heterocycles. The quantitative estimate of drug-likeness (QED) is 0.191. The molecule has 0 unspecified atom stereocenters. The molecule has 0 amide bonds. The first-order valence-corrected chi connectivity index (χ1v) is 15.9. The first-order valence-electron chi connectivity index (χ1n) is 15.9. The van der Waals surface area contributed by atoms with Gasteiger partial charge in [0, 0.05) is 34.9 Å². The van der Waals surface area contributed by atoms with Crippen LogP contribution in [0.2, 0.25) is 0 Å². The molecule has 0 spiro atoms. The van der Waals surface area contributed by atoms with Crippen molar-refractivity contribution in [2.24, 2.45) is 0 Å². The van der Waals surface area contributed by atoms with Gasteiger partial charge < -0.3 is 4.90 Å². The van der Waals surface area contributed by atoms with Gasteiger partial charge in [-0.05, 0) is 104 Å². The summed E-state index contributed by atoms with van der Waals surface area (Å²) in [5.41, 5.74) is 15.9. The van der Waals surface area contributed by atoms with E-state index in [0.717, 1.165) is 22.6 Å². The molecule has 1 heterocycles. The fourth-order valence-electron chi connectivity index (χ4n) is 6.91. The Hall–Kier alpha value is -5.73. The standard InChI is InChI=1S/C44H34N2/c1-44(2)42-11-7-6-10-40(42)41-25-24-39(30-43(41)44)46(38-22-18-35(19-23-38)36-26-28-45-29-27-36)37-20-16-34(17-21-37)33-14-12-32(13-15-33)31-8-4-3-5-9-31/h3-30H,1-2H3. The molecule has 6 aromatic carbocycles. The average Bonchev–Trinajstić information content (AvgIpc) is 3.35. The van der Waals surface area contributed by atoms with Crippen LogP contribution in [0.5, 0.6) is 0 Å². The number of fused-ring (bicyclic) bond motifs is 3. The second kappa shape index (κ2) is 11.3. The Kier molecular flexibility index (Phi) is 6.84. The number of pyridine rings is 1. The molecule has 220 valence electrons. The van der Waals surface area contributed by atoms with Crippen LogP contribution in [0.15, 0.2) is 170 Å². The zero-order valence-corrected chi connectivity index (χ0v) is 26.1. The number of benzene rings is 6. The summed E-state index contributed by atoms with van der Waals surface area (Å²) in [6.45, 7) is 4.68. The molecule has 2 heteroatoms. The molecule has 0 N–H and O–H groups in total. The number of aromatic nitrogens is 1. The zero-order chi connectivity index (χ0) is 31.1. The summed E-state index contributed by atoms with van der Waals surface area (Å²) < 4.78 is 0. The molecule has 46 heavy (non-hydrogen) atoms. The van der Waals surface area contributed by atoms with Crippen LogP contribution in [-0.4, -0.2) is 4.98 Å². The van der Waals surface area contributed by atoms with Crippen molar-refractivity contribution < 1.29 is 0 Å². The Labute approximate surface area is 271 Å². The lowest BCUT2D eigenvalue weighted by Crippen LogP contribution is -2.16. The molecule has 1 aliphatic carbocycles. The van der Waals surface area contributed by atoms with Gasteiger partial charge in [-0.25, -0.2) is 0 Å². The molecule has 8 rings (SSSR count). The van der Waals surface area contributed by atoms with Crippen LogP contribution in [-0.2, 0) is 5.41 Å². The van der Waals surface area contributed by atoms with E-state index >= 15 is 0 Å².